The molecule has 1 aromatic carbocycles. The van der Waals surface area contributed by atoms with Crippen LogP contribution in [0, 0.1) is 0 Å². The first kappa shape index (κ1) is 14.3. The van der Waals surface area contributed by atoms with Gasteiger partial charge in [-0.3, -0.25) is 0 Å². The molecule has 4 nitrogen and oxygen atoms in total. The summed E-state index contributed by atoms with van der Waals surface area (Å²) in [7, 11) is -3.45. The first-order valence-electron chi connectivity index (χ1n) is 5.79. The zero-order valence-corrected chi connectivity index (χ0v) is 12.6. The molecule has 1 aromatic heterocycles. The van der Waals surface area contributed by atoms with Gasteiger partial charge in [0.1, 0.15) is 5.76 Å². The maximum atomic E-state index is 12.0. The van der Waals surface area contributed by atoms with Crippen molar-refractivity contribution in [3.63, 3.8) is 0 Å². The van der Waals surface area contributed by atoms with Crippen molar-refractivity contribution in [2.75, 3.05) is 6.54 Å². The molecule has 0 unspecified atom stereocenters. The average molecular weight is 344 g/mol. The molecule has 0 aliphatic rings. The molecule has 0 amide bonds. The van der Waals surface area contributed by atoms with Gasteiger partial charge in [0, 0.05) is 18.3 Å². The van der Waals surface area contributed by atoms with E-state index in [-0.39, 0.29) is 4.90 Å². The van der Waals surface area contributed by atoms with E-state index < -0.39 is 10.0 Å². The van der Waals surface area contributed by atoms with Crippen LogP contribution in [0.5, 0.6) is 0 Å². The standard InChI is InChI=1S/C13H14BrNO3S/c14-10-11-3-5-13(6-4-11)19(16,17)15-8-7-12-2-1-9-18-12/h1-6,9,15H,7-8,10H2. The van der Waals surface area contributed by atoms with Crippen molar-refractivity contribution in [3.05, 3.63) is 54.0 Å². The minimum absolute atomic E-state index is 0.275. The van der Waals surface area contributed by atoms with Crippen LogP contribution >= 0.6 is 15.9 Å². The number of nitrogens with one attached hydrogen (secondary N) is 1. The predicted molar refractivity (Wildman–Crippen MR) is 76.7 cm³/mol. The van der Waals surface area contributed by atoms with Crippen LogP contribution in [0.15, 0.2) is 52.0 Å². The van der Waals surface area contributed by atoms with Crippen molar-refractivity contribution >= 4 is 26.0 Å². The Labute approximate surface area is 121 Å². The van der Waals surface area contributed by atoms with Gasteiger partial charge in [-0.25, -0.2) is 13.1 Å². The lowest BCUT2D eigenvalue weighted by atomic mass is 10.2. The Morgan fingerprint density at radius 2 is 1.89 bits per heavy atom. The van der Waals surface area contributed by atoms with Gasteiger partial charge in [-0.2, -0.15) is 0 Å². The van der Waals surface area contributed by atoms with Crippen molar-refractivity contribution in [1.29, 1.82) is 0 Å². The molecule has 1 heterocycles. The Bertz CT molecular complexity index is 606. The van der Waals surface area contributed by atoms with Crippen molar-refractivity contribution in [2.24, 2.45) is 0 Å². The second-order valence-corrected chi connectivity index (χ2v) is 6.33. The summed E-state index contributed by atoms with van der Waals surface area (Å²) in [5.74, 6) is 0.761. The van der Waals surface area contributed by atoms with Crippen LogP contribution in [0.4, 0.5) is 0 Å². The first-order valence-corrected chi connectivity index (χ1v) is 8.39. The number of rotatable bonds is 6. The molecule has 102 valence electrons. The molecular weight excluding hydrogens is 330 g/mol. The molecule has 2 aromatic rings. The Morgan fingerprint density at radius 3 is 2.47 bits per heavy atom. The highest BCUT2D eigenvalue weighted by molar-refractivity contribution is 9.08. The highest BCUT2D eigenvalue weighted by atomic mass is 79.9. The van der Waals surface area contributed by atoms with Gasteiger partial charge in [-0.15, -0.1) is 0 Å². The van der Waals surface area contributed by atoms with E-state index in [1.807, 2.05) is 6.07 Å². The summed E-state index contributed by atoms with van der Waals surface area (Å²) in [6.07, 6.45) is 2.11. The summed E-state index contributed by atoms with van der Waals surface area (Å²) in [6, 6.07) is 10.4. The Morgan fingerprint density at radius 1 is 1.16 bits per heavy atom. The molecule has 1 N–H and O–H groups in total. The highest BCUT2D eigenvalue weighted by Gasteiger charge is 2.13. The smallest absolute Gasteiger partial charge is 0.240 e. The van der Waals surface area contributed by atoms with Gasteiger partial charge in [0.25, 0.3) is 0 Å². The number of hydrogen-bond acceptors (Lipinski definition) is 3. The van der Waals surface area contributed by atoms with Crippen LogP contribution in [0.1, 0.15) is 11.3 Å². The van der Waals surface area contributed by atoms with Crippen LogP contribution in [0.3, 0.4) is 0 Å². The number of benzene rings is 1. The Kier molecular flexibility index (Phi) is 4.79. The van der Waals surface area contributed by atoms with Crippen LogP contribution < -0.4 is 4.72 Å². The van der Waals surface area contributed by atoms with Gasteiger partial charge in [0.2, 0.25) is 10.0 Å². The summed E-state index contributed by atoms with van der Waals surface area (Å²) >= 11 is 3.32. The first-order chi connectivity index (χ1) is 9.12. The van der Waals surface area contributed by atoms with Gasteiger partial charge >= 0.3 is 0 Å². The molecule has 6 heteroatoms. The maximum absolute atomic E-state index is 12.0. The quantitative estimate of drug-likeness (QED) is 0.820. The lowest BCUT2D eigenvalue weighted by Gasteiger charge is -2.06. The highest BCUT2D eigenvalue weighted by Crippen LogP contribution is 2.12. The third kappa shape index (κ3) is 3.92. The predicted octanol–water partition coefficient (Wildman–Crippen LogP) is 2.70. The van der Waals surface area contributed by atoms with E-state index in [1.54, 1.807) is 36.6 Å². The fraction of sp³-hybridized carbons (Fsp3) is 0.231. The number of halogens is 1. The van der Waals surface area contributed by atoms with E-state index in [0.29, 0.717) is 18.3 Å². The lowest BCUT2D eigenvalue weighted by Crippen LogP contribution is -2.25. The fourth-order valence-electron chi connectivity index (χ4n) is 1.60. The van der Waals surface area contributed by atoms with E-state index in [9.17, 15) is 8.42 Å². The molecule has 0 atom stereocenters. The van der Waals surface area contributed by atoms with Gasteiger partial charge in [-0.05, 0) is 29.8 Å². The molecule has 0 saturated carbocycles. The second-order valence-electron chi connectivity index (χ2n) is 4.00. The van der Waals surface area contributed by atoms with Crippen molar-refractivity contribution < 1.29 is 12.8 Å². The normalized spacial score (nSPS) is 11.6. The van der Waals surface area contributed by atoms with Crippen molar-refractivity contribution in [1.82, 2.24) is 4.72 Å². The second kappa shape index (κ2) is 6.36. The lowest BCUT2D eigenvalue weighted by molar-refractivity contribution is 0.506. The zero-order valence-electron chi connectivity index (χ0n) is 10.2. The molecule has 0 aliphatic heterocycles. The molecular formula is C13H14BrNO3S. The molecule has 0 fully saturated rings. The molecule has 19 heavy (non-hydrogen) atoms. The van der Waals surface area contributed by atoms with Gasteiger partial charge in [0.15, 0.2) is 0 Å². The molecule has 0 aliphatic carbocycles. The van der Waals surface area contributed by atoms with Crippen LogP contribution in [0.25, 0.3) is 0 Å². The number of furan rings is 1. The molecule has 2 rings (SSSR count). The van der Waals surface area contributed by atoms with Gasteiger partial charge < -0.3 is 4.42 Å². The van der Waals surface area contributed by atoms with Gasteiger partial charge in [-0.1, -0.05) is 28.1 Å². The van der Waals surface area contributed by atoms with E-state index in [2.05, 4.69) is 20.7 Å². The fourth-order valence-corrected chi connectivity index (χ4v) is 3.01. The van der Waals surface area contributed by atoms with E-state index in [0.717, 1.165) is 11.3 Å². The molecule has 0 bridgehead atoms. The number of alkyl halides is 1. The number of sulfonamides is 1. The summed E-state index contributed by atoms with van der Waals surface area (Å²) in [6.45, 7) is 0.316. The molecule has 0 spiro atoms. The molecule has 0 saturated heterocycles. The third-order valence-electron chi connectivity index (χ3n) is 2.63. The summed E-state index contributed by atoms with van der Waals surface area (Å²) < 4.78 is 31.7. The summed E-state index contributed by atoms with van der Waals surface area (Å²) in [5, 5.41) is 0.708. The van der Waals surface area contributed by atoms with Crippen LogP contribution in [0.2, 0.25) is 0 Å². The van der Waals surface area contributed by atoms with Crippen LogP contribution in [-0.4, -0.2) is 15.0 Å². The number of hydrogen-bond donors (Lipinski definition) is 1. The van der Waals surface area contributed by atoms with Gasteiger partial charge in [0.05, 0.1) is 11.2 Å². The average Bonchev–Trinajstić information content (AvgIpc) is 2.92. The minimum atomic E-state index is -3.45. The SMILES string of the molecule is O=S(=O)(NCCc1ccco1)c1ccc(CBr)cc1. The zero-order chi connectivity index (χ0) is 13.7. The maximum Gasteiger partial charge on any atom is 0.240 e. The van der Waals surface area contributed by atoms with E-state index >= 15 is 0 Å². The minimum Gasteiger partial charge on any atom is -0.469 e. The largest absolute Gasteiger partial charge is 0.469 e. The van der Waals surface area contributed by atoms with E-state index in [4.69, 9.17) is 4.42 Å². The summed E-state index contributed by atoms with van der Waals surface area (Å²) in [4.78, 5) is 0.275. The molecule has 0 radical (unpaired) electrons. The van der Waals surface area contributed by atoms with Crippen molar-refractivity contribution in [2.45, 2.75) is 16.6 Å². The third-order valence-corrected chi connectivity index (χ3v) is 4.76. The Balaban J connectivity index is 1.97. The van der Waals surface area contributed by atoms with E-state index in [1.165, 1.54) is 0 Å². The Hall–Kier alpha value is -1.11. The summed E-state index contributed by atoms with van der Waals surface area (Å²) in [5.41, 5.74) is 1.04. The topological polar surface area (TPSA) is 59.3 Å². The van der Waals surface area contributed by atoms with Crippen molar-refractivity contribution in [3.8, 4) is 0 Å². The monoisotopic (exact) mass is 343 g/mol. The van der Waals surface area contributed by atoms with Crippen LogP contribution in [-0.2, 0) is 21.8 Å².